The highest BCUT2D eigenvalue weighted by Gasteiger charge is 2.13. The molecule has 1 aromatic rings. The number of hydrogen-bond acceptors (Lipinski definition) is 4. The molecule has 0 N–H and O–H groups in total. The highest BCUT2D eigenvalue weighted by Crippen LogP contribution is 2.19. The fraction of sp³-hybridized carbons (Fsp3) is 0. The molecule has 0 aliphatic rings. The lowest BCUT2D eigenvalue weighted by Crippen LogP contribution is -1.92. The van der Waals surface area contributed by atoms with Crippen molar-refractivity contribution in [2.24, 2.45) is 0 Å². The summed E-state index contributed by atoms with van der Waals surface area (Å²) < 4.78 is 13.1. The van der Waals surface area contributed by atoms with Crippen LogP contribution in [-0.2, 0) is 0 Å². The maximum absolute atomic E-state index is 13.1. The number of halogens is 1. The fourth-order valence-electron chi connectivity index (χ4n) is 1.02. The maximum atomic E-state index is 13.1. The molecular weight excluding hydrogens is 213 g/mol. The molecule has 6 heteroatoms. The van der Waals surface area contributed by atoms with Gasteiger partial charge in [-0.3, -0.25) is 10.1 Å². The van der Waals surface area contributed by atoms with E-state index in [1.807, 2.05) is 0 Å². The summed E-state index contributed by atoms with van der Waals surface area (Å²) in [7, 11) is 0. The van der Waals surface area contributed by atoms with Gasteiger partial charge in [0.25, 0.3) is 0 Å². The lowest BCUT2D eigenvalue weighted by Gasteiger charge is -1.95. The van der Waals surface area contributed by atoms with Crippen molar-refractivity contribution in [1.82, 2.24) is 0 Å². The fourth-order valence-corrected chi connectivity index (χ4v) is 1.02. The van der Waals surface area contributed by atoms with Gasteiger partial charge in [0.2, 0.25) is 5.82 Å². The van der Waals surface area contributed by atoms with Crippen molar-refractivity contribution in [3.8, 4) is 12.1 Å². The van der Waals surface area contributed by atoms with E-state index >= 15 is 0 Å². The number of nitrogens with zero attached hydrogens (tertiary/aromatic N) is 3. The minimum Gasteiger partial charge on any atom is -0.258 e. The minimum atomic E-state index is -1.01. The van der Waals surface area contributed by atoms with E-state index in [-0.39, 0.29) is 11.1 Å². The number of rotatable bonds is 2. The van der Waals surface area contributed by atoms with Crippen LogP contribution in [0.1, 0.15) is 5.56 Å². The molecule has 0 amide bonds. The van der Waals surface area contributed by atoms with E-state index in [0.717, 1.165) is 18.2 Å². The van der Waals surface area contributed by atoms with Crippen molar-refractivity contribution >= 4 is 11.8 Å². The van der Waals surface area contributed by atoms with E-state index in [9.17, 15) is 14.5 Å². The molecule has 0 radical (unpaired) electrons. The molecule has 0 saturated heterocycles. The van der Waals surface area contributed by atoms with Gasteiger partial charge in [-0.25, -0.2) is 0 Å². The van der Waals surface area contributed by atoms with Gasteiger partial charge in [-0.15, -0.1) is 0 Å². The Bertz CT molecular complexity index is 536. The first-order valence-electron chi connectivity index (χ1n) is 4.04. The van der Waals surface area contributed by atoms with Gasteiger partial charge in [0, 0.05) is 6.07 Å². The molecule has 0 aliphatic heterocycles. The van der Waals surface area contributed by atoms with Crippen LogP contribution in [0.15, 0.2) is 23.8 Å². The zero-order valence-electron chi connectivity index (χ0n) is 7.85. The van der Waals surface area contributed by atoms with E-state index in [4.69, 9.17) is 10.5 Å². The molecule has 0 aromatic heterocycles. The van der Waals surface area contributed by atoms with Crippen molar-refractivity contribution in [3.63, 3.8) is 0 Å². The van der Waals surface area contributed by atoms with Gasteiger partial charge in [0.05, 0.1) is 4.92 Å². The molecular formula is C10H4FN3O2. The largest absolute Gasteiger partial charge is 0.304 e. The molecule has 0 aliphatic carbocycles. The second-order valence-electron chi connectivity index (χ2n) is 2.75. The van der Waals surface area contributed by atoms with Gasteiger partial charge in [-0.05, 0) is 23.8 Å². The summed E-state index contributed by atoms with van der Waals surface area (Å²) in [6.07, 6.45) is 1.15. The average Bonchev–Trinajstić information content (AvgIpc) is 2.25. The van der Waals surface area contributed by atoms with Crippen LogP contribution in [0.2, 0.25) is 0 Å². The monoisotopic (exact) mass is 217 g/mol. The van der Waals surface area contributed by atoms with Crippen LogP contribution in [0.25, 0.3) is 6.08 Å². The van der Waals surface area contributed by atoms with E-state index in [1.165, 1.54) is 6.07 Å². The van der Waals surface area contributed by atoms with Gasteiger partial charge in [0.15, 0.2) is 0 Å². The molecule has 16 heavy (non-hydrogen) atoms. The van der Waals surface area contributed by atoms with Crippen LogP contribution < -0.4 is 0 Å². The summed E-state index contributed by atoms with van der Waals surface area (Å²) in [4.78, 5) is 9.46. The number of nitro groups is 1. The summed E-state index contributed by atoms with van der Waals surface area (Å²) in [5.41, 5.74) is -0.623. The van der Waals surface area contributed by atoms with Crippen LogP contribution in [0.5, 0.6) is 0 Å². The second-order valence-corrected chi connectivity index (χ2v) is 2.75. The average molecular weight is 217 g/mol. The molecule has 78 valence electrons. The van der Waals surface area contributed by atoms with Crippen LogP contribution in [0, 0.1) is 38.6 Å². The Morgan fingerprint density at radius 2 is 2.06 bits per heavy atom. The summed E-state index contributed by atoms with van der Waals surface area (Å²) in [5, 5.41) is 27.2. The van der Waals surface area contributed by atoms with Crippen molar-refractivity contribution < 1.29 is 9.31 Å². The van der Waals surface area contributed by atoms with Crippen molar-refractivity contribution in [3.05, 3.63) is 45.3 Å². The third-order valence-corrected chi connectivity index (χ3v) is 1.72. The highest BCUT2D eigenvalue weighted by atomic mass is 19.1. The summed E-state index contributed by atoms with van der Waals surface area (Å²) in [6, 6.07) is 6.34. The first-order valence-corrected chi connectivity index (χ1v) is 4.04. The number of allylic oxidation sites excluding steroid dienone is 1. The lowest BCUT2D eigenvalue weighted by molar-refractivity contribution is -0.387. The van der Waals surface area contributed by atoms with Gasteiger partial charge in [0.1, 0.15) is 17.7 Å². The molecule has 1 rings (SSSR count). The maximum Gasteiger partial charge on any atom is 0.304 e. The van der Waals surface area contributed by atoms with Gasteiger partial charge in [-0.1, -0.05) is 0 Å². The zero-order valence-corrected chi connectivity index (χ0v) is 7.85. The Morgan fingerprint density at radius 3 is 2.50 bits per heavy atom. The van der Waals surface area contributed by atoms with Crippen molar-refractivity contribution in [2.45, 2.75) is 0 Å². The first-order chi connectivity index (χ1) is 7.58. The van der Waals surface area contributed by atoms with E-state index in [0.29, 0.717) is 0 Å². The van der Waals surface area contributed by atoms with Gasteiger partial charge < -0.3 is 0 Å². The predicted molar refractivity (Wildman–Crippen MR) is 52.3 cm³/mol. The Morgan fingerprint density at radius 1 is 1.44 bits per heavy atom. The van der Waals surface area contributed by atoms with Gasteiger partial charge >= 0.3 is 5.69 Å². The Labute approximate surface area is 89.8 Å². The van der Waals surface area contributed by atoms with Crippen molar-refractivity contribution in [1.29, 1.82) is 10.5 Å². The molecule has 0 spiro atoms. The topological polar surface area (TPSA) is 90.7 Å². The normalized spacial score (nSPS) is 8.69. The molecule has 0 bridgehead atoms. The molecule has 0 fully saturated rings. The number of nitriles is 2. The standard InChI is InChI=1S/C10H4FN3O2/c11-9-4-7(3-8(5-12)6-13)1-2-10(9)14(15)16/h1-4H. The molecule has 0 atom stereocenters. The van der Waals surface area contributed by atoms with Crippen LogP contribution in [0.4, 0.5) is 10.1 Å². The molecule has 0 heterocycles. The Hall–Kier alpha value is -2.73. The summed E-state index contributed by atoms with van der Waals surface area (Å²) >= 11 is 0. The molecule has 0 unspecified atom stereocenters. The first kappa shape index (κ1) is 11.3. The second kappa shape index (κ2) is 4.67. The quantitative estimate of drug-likeness (QED) is 0.431. The van der Waals surface area contributed by atoms with E-state index in [1.54, 1.807) is 12.1 Å². The lowest BCUT2D eigenvalue weighted by atomic mass is 10.1. The van der Waals surface area contributed by atoms with Crippen molar-refractivity contribution in [2.75, 3.05) is 0 Å². The minimum absolute atomic E-state index is 0.201. The predicted octanol–water partition coefficient (Wildman–Crippen LogP) is 2.16. The Balaban J connectivity index is 3.19. The van der Waals surface area contributed by atoms with E-state index < -0.39 is 16.4 Å². The summed E-state index contributed by atoms with van der Waals surface area (Å²) in [6.45, 7) is 0. The SMILES string of the molecule is N#CC(C#N)=Cc1ccc([N+](=O)[O-])c(F)c1. The highest BCUT2D eigenvalue weighted by molar-refractivity contribution is 5.62. The Kier molecular flexibility index (Phi) is 3.31. The van der Waals surface area contributed by atoms with Crippen LogP contribution in [-0.4, -0.2) is 4.92 Å². The number of benzene rings is 1. The number of nitro benzene ring substituents is 1. The molecule has 0 saturated carbocycles. The van der Waals surface area contributed by atoms with Crippen LogP contribution in [0.3, 0.4) is 0 Å². The molecule has 1 aromatic carbocycles. The van der Waals surface area contributed by atoms with Gasteiger partial charge in [-0.2, -0.15) is 14.9 Å². The van der Waals surface area contributed by atoms with Crippen LogP contribution >= 0.6 is 0 Å². The number of hydrogen-bond donors (Lipinski definition) is 0. The molecule has 5 nitrogen and oxygen atoms in total. The third kappa shape index (κ3) is 2.40. The smallest absolute Gasteiger partial charge is 0.258 e. The zero-order chi connectivity index (χ0) is 12.1. The van der Waals surface area contributed by atoms with E-state index in [2.05, 4.69) is 0 Å². The summed E-state index contributed by atoms with van der Waals surface area (Å²) in [5.74, 6) is -1.01. The third-order valence-electron chi connectivity index (χ3n) is 1.72.